The Labute approximate surface area is 118 Å². The maximum absolute atomic E-state index is 12.1. The first-order chi connectivity index (χ1) is 9.20. The van der Waals surface area contributed by atoms with Crippen LogP contribution in [-0.4, -0.2) is 17.6 Å². The first-order valence-electron chi connectivity index (χ1n) is 7.24. The van der Waals surface area contributed by atoms with E-state index >= 15 is 0 Å². The average molecular weight is 279 g/mol. The summed E-state index contributed by atoms with van der Waals surface area (Å²) in [4.78, 5) is 13.1. The zero-order valence-electron chi connectivity index (χ0n) is 11.1. The van der Waals surface area contributed by atoms with Gasteiger partial charge in [0.05, 0.1) is 6.54 Å². The summed E-state index contributed by atoms with van der Waals surface area (Å²) in [6.07, 6.45) is 6.46. The Balaban J connectivity index is 1.64. The van der Waals surface area contributed by atoms with Gasteiger partial charge in [-0.2, -0.15) is 0 Å². The van der Waals surface area contributed by atoms with E-state index in [1.165, 1.54) is 0 Å². The van der Waals surface area contributed by atoms with Gasteiger partial charge in [-0.15, -0.1) is 11.3 Å². The molecule has 2 fully saturated rings. The number of amides is 1. The molecule has 2 aliphatic rings. The lowest BCUT2D eigenvalue weighted by Crippen LogP contribution is -2.43. The predicted molar refractivity (Wildman–Crippen MR) is 75.9 cm³/mol. The summed E-state index contributed by atoms with van der Waals surface area (Å²) in [5, 5.41) is 15.9. The van der Waals surface area contributed by atoms with Crippen molar-refractivity contribution in [3.05, 3.63) is 22.4 Å². The predicted octanol–water partition coefficient (Wildman–Crippen LogP) is 2.65. The van der Waals surface area contributed by atoms with Crippen molar-refractivity contribution < 1.29 is 9.90 Å². The van der Waals surface area contributed by atoms with E-state index in [1.54, 1.807) is 11.3 Å². The average Bonchev–Trinajstić information content (AvgIpc) is 2.95. The molecule has 3 nitrogen and oxygen atoms in total. The van der Waals surface area contributed by atoms with Gasteiger partial charge in [-0.05, 0) is 43.0 Å². The van der Waals surface area contributed by atoms with Gasteiger partial charge in [0.15, 0.2) is 0 Å². The van der Waals surface area contributed by atoms with E-state index in [4.69, 9.17) is 0 Å². The number of hydrogen-bond donors (Lipinski definition) is 2. The fourth-order valence-electron chi connectivity index (χ4n) is 3.07. The molecular weight excluding hydrogens is 258 g/mol. The second-order valence-corrected chi connectivity index (χ2v) is 6.82. The standard InChI is InChI=1S/C15H21NO2S/c17-14(11-4-1-2-5-11)16-10-15(18,12-7-8-12)13-6-3-9-19-13/h3,6,9,11-12,18H,1-2,4-5,7-8,10H2,(H,16,17). The van der Waals surface area contributed by atoms with Crippen LogP contribution in [0.3, 0.4) is 0 Å². The monoisotopic (exact) mass is 279 g/mol. The Hall–Kier alpha value is -0.870. The number of rotatable bonds is 5. The zero-order chi connectivity index (χ0) is 13.3. The minimum atomic E-state index is -0.845. The SMILES string of the molecule is O=C(NCC(O)(c1cccs1)C1CC1)C1CCCC1. The quantitative estimate of drug-likeness (QED) is 0.870. The van der Waals surface area contributed by atoms with Crippen molar-refractivity contribution in [3.63, 3.8) is 0 Å². The van der Waals surface area contributed by atoms with Gasteiger partial charge in [0.2, 0.25) is 5.91 Å². The van der Waals surface area contributed by atoms with Crippen LogP contribution in [0.15, 0.2) is 17.5 Å². The summed E-state index contributed by atoms with van der Waals surface area (Å²) >= 11 is 1.58. The molecule has 0 bridgehead atoms. The number of carbonyl (C=O) groups is 1. The van der Waals surface area contributed by atoms with E-state index in [0.29, 0.717) is 12.5 Å². The highest BCUT2D eigenvalue weighted by Crippen LogP contribution is 2.46. The van der Waals surface area contributed by atoms with Crippen molar-refractivity contribution in [2.24, 2.45) is 11.8 Å². The zero-order valence-corrected chi connectivity index (χ0v) is 11.9. The van der Waals surface area contributed by atoms with Crippen molar-refractivity contribution in [1.29, 1.82) is 0 Å². The summed E-state index contributed by atoms with van der Waals surface area (Å²) in [5.41, 5.74) is -0.845. The molecular formula is C15H21NO2S. The second kappa shape index (κ2) is 5.25. The molecule has 2 saturated carbocycles. The molecule has 0 radical (unpaired) electrons. The fourth-order valence-corrected chi connectivity index (χ4v) is 3.98. The third kappa shape index (κ3) is 2.70. The van der Waals surface area contributed by atoms with E-state index in [2.05, 4.69) is 5.32 Å². The van der Waals surface area contributed by atoms with Gasteiger partial charge >= 0.3 is 0 Å². The molecule has 1 unspecified atom stereocenters. The van der Waals surface area contributed by atoms with Gasteiger partial charge in [-0.25, -0.2) is 0 Å². The summed E-state index contributed by atoms with van der Waals surface area (Å²) < 4.78 is 0. The maximum atomic E-state index is 12.1. The number of carbonyl (C=O) groups excluding carboxylic acids is 1. The van der Waals surface area contributed by atoms with Crippen molar-refractivity contribution in [1.82, 2.24) is 5.32 Å². The first-order valence-corrected chi connectivity index (χ1v) is 8.12. The van der Waals surface area contributed by atoms with Crippen LogP contribution in [0.25, 0.3) is 0 Å². The topological polar surface area (TPSA) is 49.3 Å². The lowest BCUT2D eigenvalue weighted by atomic mass is 9.95. The maximum Gasteiger partial charge on any atom is 0.223 e. The molecule has 4 heteroatoms. The van der Waals surface area contributed by atoms with Crippen LogP contribution >= 0.6 is 11.3 Å². The van der Waals surface area contributed by atoms with Crippen LogP contribution in [0.4, 0.5) is 0 Å². The van der Waals surface area contributed by atoms with E-state index in [0.717, 1.165) is 43.4 Å². The molecule has 104 valence electrons. The number of aliphatic hydroxyl groups is 1. The minimum absolute atomic E-state index is 0.133. The molecule has 3 rings (SSSR count). The van der Waals surface area contributed by atoms with Gasteiger partial charge in [0.1, 0.15) is 5.60 Å². The van der Waals surface area contributed by atoms with Gasteiger partial charge in [-0.3, -0.25) is 4.79 Å². The molecule has 2 aliphatic carbocycles. The van der Waals surface area contributed by atoms with Crippen LogP contribution in [-0.2, 0) is 10.4 Å². The molecule has 0 aromatic carbocycles. The van der Waals surface area contributed by atoms with Crippen molar-refractivity contribution in [2.45, 2.75) is 44.1 Å². The molecule has 1 aromatic rings. The van der Waals surface area contributed by atoms with Crippen LogP contribution < -0.4 is 5.32 Å². The summed E-state index contributed by atoms with van der Waals surface area (Å²) in [6.45, 7) is 0.369. The smallest absolute Gasteiger partial charge is 0.223 e. The third-order valence-electron chi connectivity index (χ3n) is 4.46. The first kappa shape index (κ1) is 13.1. The Morgan fingerprint density at radius 1 is 1.37 bits per heavy atom. The van der Waals surface area contributed by atoms with Gasteiger partial charge in [0, 0.05) is 10.8 Å². The minimum Gasteiger partial charge on any atom is -0.382 e. The van der Waals surface area contributed by atoms with E-state index in [9.17, 15) is 9.90 Å². The summed E-state index contributed by atoms with van der Waals surface area (Å²) in [6, 6.07) is 3.94. The Bertz CT molecular complexity index is 435. The van der Waals surface area contributed by atoms with Crippen LogP contribution in [0.2, 0.25) is 0 Å². The fraction of sp³-hybridized carbons (Fsp3) is 0.667. The van der Waals surface area contributed by atoms with Gasteiger partial charge in [-0.1, -0.05) is 18.9 Å². The molecule has 0 saturated heterocycles. The Morgan fingerprint density at radius 2 is 2.11 bits per heavy atom. The molecule has 1 aromatic heterocycles. The highest BCUT2D eigenvalue weighted by atomic mass is 32.1. The van der Waals surface area contributed by atoms with E-state index < -0.39 is 5.60 Å². The lowest BCUT2D eigenvalue weighted by molar-refractivity contribution is -0.126. The van der Waals surface area contributed by atoms with E-state index in [1.807, 2.05) is 17.5 Å². The number of nitrogens with one attached hydrogen (secondary N) is 1. The highest BCUT2D eigenvalue weighted by Gasteiger charge is 2.46. The highest BCUT2D eigenvalue weighted by molar-refractivity contribution is 7.10. The van der Waals surface area contributed by atoms with Gasteiger partial charge in [0.25, 0.3) is 0 Å². The molecule has 19 heavy (non-hydrogen) atoms. The number of hydrogen-bond acceptors (Lipinski definition) is 3. The molecule has 0 aliphatic heterocycles. The number of thiophene rings is 1. The molecule has 0 spiro atoms. The molecule has 2 N–H and O–H groups in total. The van der Waals surface area contributed by atoms with Crippen LogP contribution in [0.1, 0.15) is 43.4 Å². The largest absolute Gasteiger partial charge is 0.382 e. The van der Waals surface area contributed by atoms with Crippen LogP contribution in [0, 0.1) is 11.8 Å². The lowest BCUT2D eigenvalue weighted by Gasteiger charge is -2.28. The summed E-state index contributed by atoms with van der Waals surface area (Å²) in [5.74, 6) is 0.620. The third-order valence-corrected chi connectivity index (χ3v) is 5.50. The van der Waals surface area contributed by atoms with E-state index in [-0.39, 0.29) is 11.8 Å². The van der Waals surface area contributed by atoms with Crippen molar-refractivity contribution >= 4 is 17.2 Å². The van der Waals surface area contributed by atoms with Crippen LogP contribution in [0.5, 0.6) is 0 Å². The Morgan fingerprint density at radius 3 is 2.68 bits per heavy atom. The molecule has 1 heterocycles. The van der Waals surface area contributed by atoms with Crippen molar-refractivity contribution in [2.75, 3.05) is 6.54 Å². The summed E-state index contributed by atoms with van der Waals surface area (Å²) in [7, 11) is 0. The van der Waals surface area contributed by atoms with Crippen molar-refractivity contribution in [3.8, 4) is 0 Å². The normalized spacial score (nSPS) is 23.2. The molecule has 1 atom stereocenters. The van der Waals surface area contributed by atoms with Gasteiger partial charge < -0.3 is 10.4 Å². The molecule has 1 amide bonds. The second-order valence-electron chi connectivity index (χ2n) is 5.88. The Kier molecular flexibility index (Phi) is 3.63.